The summed E-state index contributed by atoms with van der Waals surface area (Å²) in [6, 6.07) is 8.75. The summed E-state index contributed by atoms with van der Waals surface area (Å²) in [6.45, 7) is 0. The molecule has 0 unspecified atom stereocenters. The lowest BCUT2D eigenvalue weighted by atomic mass is 9.87. The summed E-state index contributed by atoms with van der Waals surface area (Å²) in [5.41, 5.74) is 2.57. The van der Waals surface area contributed by atoms with Crippen LogP contribution in [-0.2, 0) is 16.0 Å². The number of hydrogen-bond acceptors (Lipinski definition) is 2. The standard InChI is InChI=1S/C19H26N2O2/c22-18(20-15-8-2-3-9-15)12-13-19(23)21-17-11-5-7-14-6-1-4-10-16(14)17/h1,4,6,10,15,17H,2-3,5,7-9,11-13H2,(H,20,22)(H,21,23)/t17-/m1/s1. The molecule has 0 aromatic heterocycles. The Kier molecular flexibility index (Phi) is 5.31. The van der Waals surface area contributed by atoms with E-state index in [4.69, 9.17) is 0 Å². The van der Waals surface area contributed by atoms with Crippen molar-refractivity contribution in [3.8, 4) is 0 Å². The maximum Gasteiger partial charge on any atom is 0.220 e. The Hall–Kier alpha value is -1.84. The van der Waals surface area contributed by atoms with Crippen molar-refractivity contribution in [3.63, 3.8) is 0 Å². The van der Waals surface area contributed by atoms with E-state index in [1.165, 1.54) is 24.0 Å². The SMILES string of the molecule is O=C(CCC(=O)N[C@@H]1CCCc2ccccc21)NC1CCCC1. The number of hydrogen-bond donors (Lipinski definition) is 2. The molecule has 0 aliphatic heterocycles. The molecular formula is C19H26N2O2. The summed E-state index contributed by atoms with van der Waals surface area (Å²) < 4.78 is 0. The number of amides is 2. The van der Waals surface area contributed by atoms with Gasteiger partial charge < -0.3 is 10.6 Å². The molecule has 0 saturated heterocycles. The fraction of sp³-hybridized carbons (Fsp3) is 0.579. The normalized spacial score (nSPS) is 20.8. The first-order valence-electron chi connectivity index (χ1n) is 8.89. The van der Waals surface area contributed by atoms with Crippen LogP contribution in [0.25, 0.3) is 0 Å². The first-order chi connectivity index (χ1) is 11.2. The zero-order chi connectivity index (χ0) is 16.1. The monoisotopic (exact) mass is 314 g/mol. The van der Waals surface area contributed by atoms with Crippen molar-refractivity contribution in [3.05, 3.63) is 35.4 Å². The van der Waals surface area contributed by atoms with Crippen LogP contribution in [0.2, 0.25) is 0 Å². The average molecular weight is 314 g/mol. The molecule has 2 aliphatic carbocycles. The van der Waals surface area contributed by atoms with Gasteiger partial charge in [0.1, 0.15) is 0 Å². The van der Waals surface area contributed by atoms with Crippen molar-refractivity contribution in [2.45, 2.75) is 69.9 Å². The quantitative estimate of drug-likeness (QED) is 0.877. The Morgan fingerprint density at radius 1 is 0.913 bits per heavy atom. The predicted octanol–water partition coefficient (Wildman–Crippen LogP) is 3.02. The topological polar surface area (TPSA) is 58.2 Å². The molecular weight excluding hydrogens is 288 g/mol. The Morgan fingerprint density at radius 2 is 1.61 bits per heavy atom. The number of aryl methyl sites for hydroxylation is 1. The largest absolute Gasteiger partial charge is 0.353 e. The second-order valence-electron chi connectivity index (χ2n) is 6.76. The maximum atomic E-state index is 12.2. The first kappa shape index (κ1) is 16.0. The maximum absolute atomic E-state index is 12.2. The Balaban J connectivity index is 1.45. The second-order valence-corrected chi connectivity index (χ2v) is 6.76. The van der Waals surface area contributed by atoms with Gasteiger partial charge in [-0.15, -0.1) is 0 Å². The lowest BCUT2D eigenvalue weighted by molar-refractivity contribution is -0.127. The Morgan fingerprint density at radius 3 is 2.39 bits per heavy atom. The van der Waals surface area contributed by atoms with Gasteiger partial charge in [-0.05, 0) is 43.2 Å². The lowest BCUT2D eigenvalue weighted by Crippen LogP contribution is -2.35. The van der Waals surface area contributed by atoms with Crippen LogP contribution in [-0.4, -0.2) is 17.9 Å². The molecule has 2 aliphatic rings. The number of rotatable bonds is 5. The summed E-state index contributed by atoms with van der Waals surface area (Å²) in [4.78, 5) is 24.1. The number of benzene rings is 1. The molecule has 4 nitrogen and oxygen atoms in total. The van der Waals surface area contributed by atoms with E-state index in [9.17, 15) is 9.59 Å². The highest BCUT2D eigenvalue weighted by Crippen LogP contribution is 2.29. The minimum absolute atomic E-state index is 0.0103. The number of carbonyl (C=O) groups is 2. The van der Waals surface area contributed by atoms with Gasteiger partial charge in [0.05, 0.1) is 6.04 Å². The number of carbonyl (C=O) groups excluding carboxylic acids is 2. The fourth-order valence-corrected chi connectivity index (χ4v) is 3.77. The van der Waals surface area contributed by atoms with E-state index in [1.54, 1.807) is 0 Å². The zero-order valence-electron chi connectivity index (χ0n) is 13.6. The Bertz CT molecular complexity index is 564. The van der Waals surface area contributed by atoms with Crippen LogP contribution in [0.4, 0.5) is 0 Å². The molecule has 4 heteroatoms. The molecule has 2 amide bonds. The second kappa shape index (κ2) is 7.62. The highest BCUT2D eigenvalue weighted by atomic mass is 16.2. The first-order valence-corrected chi connectivity index (χ1v) is 8.89. The van der Waals surface area contributed by atoms with Crippen LogP contribution in [0, 0.1) is 0 Å². The molecule has 1 aromatic rings. The van der Waals surface area contributed by atoms with Gasteiger partial charge in [0.15, 0.2) is 0 Å². The van der Waals surface area contributed by atoms with Crippen LogP contribution in [0.3, 0.4) is 0 Å². The molecule has 0 spiro atoms. The number of fused-ring (bicyclic) bond motifs is 1. The number of nitrogens with one attached hydrogen (secondary N) is 2. The highest BCUT2D eigenvalue weighted by molar-refractivity contribution is 5.84. The predicted molar refractivity (Wildman–Crippen MR) is 89.9 cm³/mol. The third-order valence-corrected chi connectivity index (χ3v) is 5.00. The van der Waals surface area contributed by atoms with Crippen molar-refractivity contribution >= 4 is 11.8 Å². The Labute approximate surface area is 138 Å². The van der Waals surface area contributed by atoms with E-state index in [0.717, 1.165) is 32.1 Å². The van der Waals surface area contributed by atoms with Crippen molar-refractivity contribution in [1.29, 1.82) is 0 Å². The van der Waals surface area contributed by atoms with Gasteiger partial charge in [0.25, 0.3) is 0 Å². The van der Waals surface area contributed by atoms with Crippen molar-refractivity contribution < 1.29 is 9.59 Å². The molecule has 2 N–H and O–H groups in total. The summed E-state index contributed by atoms with van der Waals surface area (Å²) in [5, 5.41) is 6.14. The summed E-state index contributed by atoms with van der Waals surface area (Å²) in [5.74, 6) is -0.00984. The van der Waals surface area contributed by atoms with Crippen LogP contribution < -0.4 is 10.6 Å². The zero-order valence-corrected chi connectivity index (χ0v) is 13.6. The third-order valence-electron chi connectivity index (χ3n) is 5.00. The van der Waals surface area contributed by atoms with E-state index in [1.807, 2.05) is 6.07 Å². The van der Waals surface area contributed by atoms with E-state index in [-0.39, 0.29) is 30.7 Å². The van der Waals surface area contributed by atoms with Crippen LogP contribution in [0.15, 0.2) is 24.3 Å². The summed E-state index contributed by atoms with van der Waals surface area (Å²) >= 11 is 0. The molecule has 23 heavy (non-hydrogen) atoms. The fourth-order valence-electron chi connectivity index (χ4n) is 3.77. The van der Waals surface area contributed by atoms with Crippen LogP contribution >= 0.6 is 0 Å². The van der Waals surface area contributed by atoms with Gasteiger partial charge in [0.2, 0.25) is 11.8 Å². The molecule has 1 aromatic carbocycles. The van der Waals surface area contributed by atoms with E-state index in [2.05, 4.69) is 28.8 Å². The van der Waals surface area contributed by atoms with Gasteiger partial charge in [-0.1, -0.05) is 37.1 Å². The summed E-state index contributed by atoms with van der Waals surface area (Å²) in [6.07, 6.45) is 8.30. The molecule has 1 fully saturated rings. The van der Waals surface area contributed by atoms with Gasteiger partial charge in [-0.3, -0.25) is 9.59 Å². The van der Waals surface area contributed by atoms with Crippen molar-refractivity contribution in [2.24, 2.45) is 0 Å². The van der Waals surface area contributed by atoms with Crippen molar-refractivity contribution in [2.75, 3.05) is 0 Å². The lowest BCUT2D eigenvalue weighted by Gasteiger charge is -2.26. The van der Waals surface area contributed by atoms with Gasteiger partial charge >= 0.3 is 0 Å². The molecule has 3 rings (SSSR count). The molecule has 0 radical (unpaired) electrons. The van der Waals surface area contributed by atoms with E-state index >= 15 is 0 Å². The average Bonchev–Trinajstić information content (AvgIpc) is 3.06. The van der Waals surface area contributed by atoms with Gasteiger partial charge in [-0.2, -0.15) is 0 Å². The smallest absolute Gasteiger partial charge is 0.220 e. The van der Waals surface area contributed by atoms with E-state index in [0.29, 0.717) is 6.04 Å². The van der Waals surface area contributed by atoms with Crippen molar-refractivity contribution in [1.82, 2.24) is 10.6 Å². The molecule has 0 heterocycles. The highest BCUT2D eigenvalue weighted by Gasteiger charge is 2.22. The van der Waals surface area contributed by atoms with Crippen LogP contribution in [0.5, 0.6) is 0 Å². The third kappa shape index (κ3) is 4.34. The van der Waals surface area contributed by atoms with Gasteiger partial charge in [0, 0.05) is 18.9 Å². The molecule has 0 bridgehead atoms. The van der Waals surface area contributed by atoms with Gasteiger partial charge in [-0.25, -0.2) is 0 Å². The molecule has 124 valence electrons. The summed E-state index contributed by atoms with van der Waals surface area (Å²) in [7, 11) is 0. The van der Waals surface area contributed by atoms with Crippen LogP contribution in [0.1, 0.15) is 68.5 Å². The minimum atomic E-state index is -0.0201. The molecule has 1 atom stereocenters. The molecule has 1 saturated carbocycles. The minimum Gasteiger partial charge on any atom is -0.353 e. The van der Waals surface area contributed by atoms with E-state index < -0.39 is 0 Å².